The van der Waals surface area contributed by atoms with Crippen LogP contribution in [-0.2, 0) is 24.1 Å². The summed E-state index contributed by atoms with van der Waals surface area (Å²) in [4.78, 5) is 27.4. The van der Waals surface area contributed by atoms with E-state index in [0.717, 1.165) is 41.6 Å². The number of nitrogens with zero attached hydrogens (tertiary/aromatic N) is 1. The van der Waals surface area contributed by atoms with E-state index < -0.39 is 8.80 Å². The zero-order chi connectivity index (χ0) is 19.9. The summed E-state index contributed by atoms with van der Waals surface area (Å²) >= 11 is 1.05. The molecule has 1 aliphatic rings. The van der Waals surface area contributed by atoms with Crippen LogP contribution >= 0.6 is 11.8 Å². The van der Waals surface area contributed by atoms with Gasteiger partial charge in [-0.05, 0) is 42.2 Å². The van der Waals surface area contributed by atoms with Crippen LogP contribution in [0.2, 0.25) is 19.1 Å². The molecule has 148 valence electrons. The Bertz CT molecular complexity index is 809. The first-order valence-corrected chi connectivity index (χ1v) is 13.7. The number of aromatic nitrogens is 1. The maximum Gasteiger partial charge on any atom is 0.286 e. The summed E-state index contributed by atoms with van der Waals surface area (Å²) in [7, 11) is -0.509. The van der Waals surface area contributed by atoms with E-state index in [0.29, 0.717) is 13.0 Å². The smallest absolute Gasteiger partial charge is 0.286 e. The molecule has 1 fully saturated rings. The van der Waals surface area contributed by atoms with Crippen molar-refractivity contribution in [3.05, 3.63) is 59.4 Å². The number of carbonyl (C=O) groups excluding carboxylic acids is 2. The molecule has 28 heavy (non-hydrogen) atoms. The zero-order valence-corrected chi connectivity index (χ0v) is 18.3. The van der Waals surface area contributed by atoms with E-state index in [4.69, 9.17) is 4.74 Å². The first-order chi connectivity index (χ1) is 13.5. The van der Waals surface area contributed by atoms with Gasteiger partial charge in [-0.3, -0.25) is 19.9 Å². The van der Waals surface area contributed by atoms with Gasteiger partial charge in [-0.2, -0.15) is 0 Å². The minimum atomic E-state index is -0.509. The fraction of sp³-hybridized carbons (Fsp3) is 0.381. The molecular weight excluding hydrogens is 388 g/mol. The van der Waals surface area contributed by atoms with Crippen molar-refractivity contribution in [2.75, 3.05) is 6.61 Å². The first kappa shape index (κ1) is 20.6. The number of hydrogen-bond donors (Lipinski definition) is 1. The fourth-order valence-electron chi connectivity index (χ4n) is 2.94. The monoisotopic (exact) mass is 414 g/mol. The average molecular weight is 415 g/mol. The molecule has 3 rings (SSSR count). The molecule has 1 atom stereocenters. The Kier molecular flexibility index (Phi) is 7.28. The lowest BCUT2D eigenvalue weighted by Crippen LogP contribution is -2.25. The summed E-state index contributed by atoms with van der Waals surface area (Å²) < 4.78 is 5.81. The van der Waals surface area contributed by atoms with Crippen LogP contribution in [0.5, 0.6) is 5.75 Å². The van der Waals surface area contributed by atoms with Crippen molar-refractivity contribution in [3.8, 4) is 5.75 Å². The van der Waals surface area contributed by atoms with Crippen LogP contribution in [0.15, 0.2) is 42.6 Å². The molecule has 0 radical (unpaired) electrons. The molecule has 0 aliphatic carbocycles. The lowest BCUT2D eigenvalue weighted by molar-refractivity contribution is -0.118. The number of hydrogen-bond acceptors (Lipinski definition) is 5. The SMILES string of the molecule is C[SiH](C)CCc1ccc(CCOc2ccc(CC3SC(=O)NC3=O)cc2)nc1. The highest BCUT2D eigenvalue weighted by Gasteiger charge is 2.31. The van der Waals surface area contributed by atoms with E-state index in [9.17, 15) is 9.59 Å². The van der Waals surface area contributed by atoms with Crippen molar-refractivity contribution in [3.63, 3.8) is 0 Å². The maximum absolute atomic E-state index is 11.6. The summed E-state index contributed by atoms with van der Waals surface area (Å²) in [5.41, 5.74) is 3.37. The lowest BCUT2D eigenvalue weighted by Gasteiger charge is -2.09. The van der Waals surface area contributed by atoms with Crippen LogP contribution in [0, 0.1) is 0 Å². The highest BCUT2D eigenvalue weighted by Crippen LogP contribution is 2.23. The molecule has 0 spiro atoms. The molecule has 1 aromatic heterocycles. The highest BCUT2D eigenvalue weighted by atomic mass is 32.2. The van der Waals surface area contributed by atoms with Gasteiger partial charge in [0, 0.05) is 27.1 Å². The van der Waals surface area contributed by atoms with Gasteiger partial charge in [-0.25, -0.2) is 0 Å². The Morgan fingerprint density at radius 1 is 1.07 bits per heavy atom. The molecule has 1 aliphatic heterocycles. The van der Waals surface area contributed by atoms with Gasteiger partial charge < -0.3 is 4.74 Å². The number of benzene rings is 1. The van der Waals surface area contributed by atoms with Gasteiger partial charge in [-0.1, -0.05) is 49.1 Å². The number of nitrogens with one attached hydrogen (secondary N) is 1. The summed E-state index contributed by atoms with van der Waals surface area (Å²) in [6.45, 7) is 5.31. The van der Waals surface area contributed by atoms with E-state index in [1.807, 2.05) is 30.5 Å². The van der Waals surface area contributed by atoms with Crippen LogP contribution < -0.4 is 10.1 Å². The molecule has 2 aromatic rings. The lowest BCUT2D eigenvalue weighted by atomic mass is 10.1. The Labute approximate surface area is 171 Å². The number of aryl methyl sites for hydroxylation is 1. The summed E-state index contributed by atoms with van der Waals surface area (Å²) in [5.74, 6) is 0.585. The Hall–Kier alpha value is -2.12. The van der Waals surface area contributed by atoms with E-state index in [2.05, 4.69) is 35.5 Å². The second-order valence-corrected chi connectivity index (χ2v) is 12.0. The molecule has 1 N–H and O–H groups in total. The van der Waals surface area contributed by atoms with Crippen molar-refractivity contribution < 1.29 is 14.3 Å². The molecule has 5 nitrogen and oxygen atoms in total. The normalized spacial score (nSPS) is 16.5. The third-order valence-corrected chi connectivity index (χ3v) is 7.06. The molecule has 0 bridgehead atoms. The van der Waals surface area contributed by atoms with Crippen molar-refractivity contribution in [1.82, 2.24) is 10.3 Å². The largest absolute Gasteiger partial charge is 0.493 e. The van der Waals surface area contributed by atoms with Crippen LogP contribution in [0.4, 0.5) is 4.79 Å². The molecule has 2 amide bonds. The number of carbonyl (C=O) groups is 2. The number of ether oxygens (including phenoxy) is 1. The van der Waals surface area contributed by atoms with Crippen molar-refractivity contribution in [2.24, 2.45) is 0 Å². The quantitative estimate of drug-likeness (QED) is 0.635. The van der Waals surface area contributed by atoms with Crippen LogP contribution in [0.3, 0.4) is 0 Å². The predicted molar refractivity (Wildman–Crippen MR) is 116 cm³/mol. The van der Waals surface area contributed by atoms with Crippen molar-refractivity contribution >= 4 is 31.7 Å². The molecule has 7 heteroatoms. The van der Waals surface area contributed by atoms with Crippen LogP contribution in [-0.4, -0.2) is 36.8 Å². The van der Waals surface area contributed by atoms with Gasteiger partial charge in [0.2, 0.25) is 5.91 Å². The molecule has 1 saturated heterocycles. The number of pyridine rings is 1. The van der Waals surface area contributed by atoms with Gasteiger partial charge in [0.1, 0.15) is 5.75 Å². The topological polar surface area (TPSA) is 68.3 Å². The van der Waals surface area contributed by atoms with E-state index >= 15 is 0 Å². The molecule has 1 unspecified atom stereocenters. The average Bonchev–Trinajstić information content (AvgIpc) is 2.99. The second kappa shape index (κ2) is 9.89. The molecule has 2 heterocycles. The van der Waals surface area contributed by atoms with E-state index in [1.165, 1.54) is 11.6 Å². The molecular formula is C21H26N2O3SSi. The van der Waals surface area contributed by atoms with Gasteiger partial charge in [0.05, 0.1) is 11.9 Å². The number of imide groups is 1. The van der Waals surface area contributed by atoms with E-state index in [-0.39, 0.29) is 16.4 Å². The number of thioether (sulfide) groups is 1. The van der Waals surface area contributed by atoms with Gasteiger partial charge >= 0.3 is 0 Å². The van der Waals surface area contributed by atoms with Gasteiger partial charge in [0.25, 0.3) is 5.24 Å². The van der Waals surface area contributed by atoms with Crippen LogP contribution in [0.25, 0.3) is 0 Å². The van der Waals surface area contributed by atoms with Crippen molar-refractivity contribution in [2.45, 2.75) is 43.7 Å². The second-order valence-electron chi connectivity index (χ2n) is 7.42. The number of amides is 2. The minimum Gasteiger partial charge on any atom is -0.493 e. The Morgan fingerprint density at radius 3 is 2.43 bits per heavy atom. The molecule has 0 saturated carbocycles. The third kappa shape index (κ3) is 6.20. The Morgan fingerprint density at radius 2 is 1.82 bits per heavy atom. The van der Waals surface area contributed by atoms with Crippen LogP contribution in [0.1, 0.15) is 16.8 Å². The summed E-state index contributed by atoms with van der Waals surface area (Å²) in [6.07, 6.45) is 4.43. The third-order valence-electron chi connectivity index (χ3n) is 4.63. The summed E-state index contributed by atoms with van der Waals surface area (Å²) in [5, 5.41) is 1.71. The van der Waals surface area contributed by atoms with Gasteiger partial charge in [0.15, 0.2) is 0 Å². The molecule has 1 aromatic carbocycles. The fourth-order valence-corrected chi connectivity index (χ4v) is 4.71. The standard InChI is InChI=1S/C21H26N2O3SSi/c1-28(2)12-10-16-3-6-17(22-14-16)9-11-26-18-7-4-15(5-8-18)13-19-20(24)23-21(25)27-19/h3-8,14,19,28H,9-13H2,1-2H3,(H,23,24,25). The maximum atomic E-state index is 11.6. The van der Waals surface area contributed by atoms with Crippen molar-refractivity contribution in [1.29, 1.82) is 0 Å². The summed E-state index contributed by atoms with van der Waals surface area (Å²) in [6, 6.07) is 13.3. The van der Waals surface area contributed by atoms with Gasteiger partial charge in [-0.15, -0.1) is 0 Å². The number of rotatable bonds is 9. The highest BCUT2D eigenvalue weighted by molar-refractivity contribution is 8.15. The Balaban J connectivity index is 1.42. The minimum absolute atomic E-state index is 0.208. The predicted octanol–water partition coefficient (Wildman–Crippen LogP) is 3.63. The first-order valence-electron chi connectivity index (χ1n) is 9.66. The van der Waals surface area contributed by atoms with E-state index in [1.54, 1.807) is 0 Å². The zero-order valence-electron chi connectivity index (χ0n) is 16.3.